The summed E-state index contributed by atoms with van der Waals surface area (Å²) in [4.78, 5) is 25.7. The van der Waals surface area contributed by atoms with Crippen molar-refractivity contribution < 1.29 is 9.53 Å². The van der Waals surface area contributed by atoms with Gasteiger partial charge in [0.25, 0.3) is 5.56 Å². The molecule has 0 saturated carbocycles. The van der Waals surface area contributed by atoms with E-state index in [9.17, 15) is 9.59 Å². The molecule has 1 aliphatic heterocycles. The van der Waals surface area contributed by atoms with E-state index >= 15 is 0 Å². The van der Waals surface area contributed by atoms with Crippen LogP contribution in [0.5, 0.6) is 0 Å². The van der Waals surface area contributed by atoms with E-state index in [-0.39, 0.29) is 17.6 Å². The second-order valence-electron chi connectivity index (χ2n) is 5.98. The number of amides is 1. The minimum Gasteiger partial charge on any atom is -0.372 e. The van der Waals surface area contributed by atoms with Crippen LogP contribution >= 0.6 is 0 Å². The lowest BCUT2D eigenvalue weighted by Crippen LogP contribution is -2.42. The van der Waals surface area contributed by atoms with Gasteiger partial charge in [0, 0.05) is 39.9 Å². The summed E-state index contributed by atoms with van der Waals surface area (Å²) in [5.74, 6) is 0.428. The Kier molecular flexibility index (Phi) is 6.15. The van der Waals surface area contributed by atoms with Crippen LogP contribution in [0, 0.1) is 5.92 Å². The highest BCUT2D eigenvalue weighted by atomic mass is 16.5. The number of ether oxygens (including phenoxy) is 1. The molecule has 1 atom stereocenters. The van der Waals surface area contributed by atoms with Crippen molar-refractivity contribution in [1.29, 1.82) is 0 Å². The number of carbonyl (C=O) groups is 1. The van der Waals surface area contributed by atoms with E-state index in [1.807, 2.05) is 6.92 Å². The minimum atomic E-state index is -0.360. The van der Waals surface area contributed by atoms with Crippen LogP contribution in [0.15, 0.2) is 17.1 Å². The molecule has 23 heavy (non-hydrogen) atoms. The average Bonchev–Trinajstić information content (AvgIpc) is 2.57. The Hall–Kier alpha value is -1.89. The second kappa shape index (κ2) is 8.10. The van der Waals surface area contributed by atoms with Crippen LogP contribution in [0.3, 0.4) is 0 Å². The van der Waals surface area contributed by atoms with E-state index in [0.29, 0.717) is 18.9 Å². The molecule has 7 nitrogen and oxygen atoms in total. The molecule has 1 aromatic heterocycles. The molecule has 1 amide bonds. The topological polar surface area (TPSA) is 76.5 Å². The maximum atomic E-state index is 11.9. The summed E-state index contributed by atoms with van der Waals surface area (Å²) in [6.07, 6.45) is 4.02. The third-order valence-electron chi connectivity index (χ3n) is 4.45. The molecule has 1 saturated heterocycles. The Morgan fingerprint density at radius 1 is 1.48 bits per heavy atom. The van der Waals surface area contributed by atoms with Gasteiger partial charge in [0.15, 0.2) is 0 Å². The van der Waals surface area contributed by atoms with Gasteiger partial charge < -0.3 is 15.0 Å². The number of aryl methyl sites for hydroxylation is 1. The number of hydrogen-bond acceptors (Lipinski definition) is 5. The van der Waals surface area contributed by atoms with E-state index in [1.54, 1.807) is 26.4 Å². The minimum absolute atomic E-state index is 0.0341. The van der Waals surface area contributed by atoms with Crippen LogP contribution in [0.2, 0.25) is 0 Å². The van der Waals surface area contributed by atoms with Gasteiger partial charge in [-0.1, -0.05) is 6.92 Å². The van der Waals surface area contributed by atoms with E-state index in [4.69, 9.17) is 4.74 Å². The summed E-state index contributed by atoms with van der Waals surface area (Å²) in [7, 11) is 3.20. The largest absolute Gasteiger partial charge is 0.372 e. The average molecular weight is 322 g/mol. The van der Waals surface area contributed by atoms with Gasteiger partial charge in [-0.05, 0) is 25.2 Å². The molecule has 1 N–H and O–H groups in total. The van der Waals surface area contributed by atoms with Crippen LogP contribution in [0.4, 0.5) is 5.69 Å². The number of aromatic nitrogens is 2. The van der Waals surface area contributed by atoms with Gasteiger partial charge in [-0.3, -0.25) is 9.59 Å². The summed E-state index contributed by atoms with van der Waals surface area (Å²) in [6.45, 7) is 4.36. The molecular formula is C16H26N4O3. The van der Waals surface area contributed by atoms with Crippen LogP contribution in [-0.4, -0.2) is 48.5 Å². The predicted octanol–water partition coefficient (Wildman–Crippen LogP) is 0.538. The first kappa shape index (κ1) is 17.5. The summed E-state index contributed by atoms with van der Waals surface area (Å²) in [5.41, 5.74) is 0.781. The lowest BCUT2D eigenvalue weighted by molar-refractivity contribution is -0.131. The normalized spacial score (nSPS) is 17.1. The fourth-order valence-electron chi connectivity index (χ4n) is 2.85. The van der Waals surface area contributed by atoms with E-state index < -0.39 is 0 Å². The molecule has 0 aromatic carbocycles. The zero-order valence-corrected chi connectivity index (χ0v) is 14.1. The molecule has 2 heterocycles. The van der Waals surface area contributed by atoms with Gasteiger partial charge in [-0.25, -0.2) is 4.68 Å². The monoisotopic (exact) mass is 322 g/mol. The quantitative estimate of drug-likeness (QED) is 0.827. The first-order valence-corrected chi connectivity index (χ1v) is 8.14. The molecule has 2 rings (SSSR count). The number of piperidine rings is 1. The summed E-state index contributed by atoms with van der Waals surface area (Å²) in [5, 5.41) is 7.04. The van der Waals surface area contributed by atoms with Crippen LogP contribution in [-0.2, 0) is 16.6 Å². The number of nitrogens with zero attached hydrogens (tertiary/aromatic N) is 3. The Morgan fingerprint density at radius 2 is 2.17 bits per heavy atom. The Bertz CT molecular complexity index is 575. The summed E-state index contributed by atoms with van der Waals surface area (Å²) < 4.78 is 6.46. The molecule has 0 aliphatic carbocycles. The highest BCUT2D eigenvalue weighted by Gasteiger charge is 2.22. The third kappa shape index (κ3) is 4.54. The van der Waals surface area contributed by atoms with Gasteiger partial charge >= 0.3 is 0 Å². The first-order valence-electron chi connectivity index (χ1n) is 8.14. The van der Waals surface area contributed by atoms with Crippen molar-refractivity contribution in [2.45, 2.75) is 32.3 Å². The van der Waals surface area contributed by atoms with Gasteiger partial charge in [-0.15, -0.1) is 0 Å². The maximum Gasteiger partial charge on any atom is 0.268 e. The SMILES string of the molecule is CCC(OC)C(=O)NCC1CCN(c2cnn(C)c(=O)c2)CC1. The fourth-order valence-corrected chi connectivity index (χ4v) is 2.85. The van der Waals surface area contributed by atoms with E-state index in [1.165, 1.54) is 4.68 Å². The molecule has 1 unspecified atom stereocenters. The standard InChI is InChI=1S/C16H26N4O3/c1-4-14(23-3)16(22)17-10-12-5-7-20(8-6-12)13-9-15(21)19(2)18-11-13/h9,11-12,14H,4-8,10H2,1-3H3,(H,17,22). The van der Waals surface area contributed by atoms with Gasteiger partial charge in [-0.2, -0.15) is 5.10 Å². The number of nitrogens with one attached hydrogen (secondary N) is 1. The van der Waals surface area contributed by atoms with Crippen molar-refractivity contribution in [3.63, 3.8) is 0 Å². The van der Waals surface area contributed by atoms with Gasteiger partial charge in [0.2, 0.25) is 5.91 Å². The third-order valence-corrected chi connectivity index (χ3v) is 4.45. The molecule has 0 spiro atoms. The molecule has 1 fully saturated rings. The molecule has 0 bridgehead atoms. The maximum absolute atomic E-state index is 11.9. The van der Waals surface area contributed by atoms with Crippen molar-refractivity contribution in [1.82, 2.24) is 15.1 Å². The zero-order valence-electron chi connectivity index (χ0n) is 14.1. The van der Waals surface area contributed by atoms with Crippen LogP contribution in [0.1, 0.15) is 26.2 Å². The van der Waals surface area contributed by atoms with Gasteiger partial charge in [0.1, 0.15) is 6.10 Å². The van der Waals surface area contributed by atoms with E-state index in [0.717, 1.165) is 31.6 Å². The molecular weight excluding hydrogens is 296 g/mol. The summed E-state index contributed by atoms with van der Waals surface area (Å²) in [6, 6.07) is 1.62. The Morgan fingerprint density at radius 3 is 2.74 bits per heavy atom. The van der Waals surface area contributed by atoms with Crippen molar-refractivity contribution >= 4 is 11.6 Å². The summed E-state index contributed by atoms with van der Waals surface area (Å²) >= 11 is 0. The highest BCUT2D eigenvalue weighted by Crippen LogP contribution is 2.21. The van der Waals surface area contributed by atoms with Crippen molar-refractivity contribution in [2.75, 3.05) is 31.6 Å². The Labute approximate surface area is 136 Å². The van der Waals surface area contributed by atoms with Gasteiger partial charge in [0.05, 0.1) is 11.9 Å². The molecule has 1 aromatic rings. The van der Waals surface area contributed by atoms with Crippen molar-refractivity contribution in [3.8, 4) is 0 Å². The number of anilines is 1. The number of methoxy groups -OCH3 is 1. The lowest BCUT2D eigenvalue weighted by atomic mass is 9.96. The van der Waals surface area contributed by atoms with E-state index in [2.05, 4.69) is 15.3 Å². The Balaban J connectivity index is 1.81. The number of rotatable bonds is 6. The number of carbonyl (C=O) groups excluding carboxylic acids is 1. The smallest absolute Gasteiger partial charge is 0.268 e. The molecule has 0 radical (unpaired) electrons. The second-order valence-corrected chi connectivity index (χ2v) is 5.98. The fraction of sp³-hybridized carbons (Fsp3) is 0.688. The van der Waals surface area contributed by atoms with Crippen LogP contribution < -0.4 is 15.8 Å². The highest BCUT2D eigenvalue weighted by molar-refractivity contribution is 5.80. The van der Waals surface area contributed by atoms with Crippen molar-refractivity contribution in [3.05, 3.63) is 22.6 Å². The van der Waals surface area contributed by atoms with Crippen LogP contribution in [0.25, 0.3) is 0 Å². The predicted molar refractivity (Wildman–Crippen MR) is 88.5 cm³/mol. The molecule has 7 heteroatoms. The van der Waals surface area contributed by atoms with Crippen molar-refractivity contribution in [2.24, 2.45) is 13.0 Å². The number of hydrogen-bond donors (Lipinski definition) is 1. The first-order chi connectivity index (χ1) is 11.0. The molecule has 128 valence electrons. The molecule has 1 aliphatic rings. The zero-order chi connectivity index (χ0) is 16.8. The lowest BCUT2D eigenvalue weighted by Gasteiger charge is -2.33.